The summed E-state index contributed by atoms with van der Waals surface area (Å²) in [5.74, 6) is -1.07. The van der Waals surface area contributed by atoms with E-state index in [1.165, 1.54) is 0 Å². The number of ether oxygens (including phenoxy) is 1. The highest BCUT2D eigenvalue weighted by Crippen LogP contribution is 2.21. The molecule has 1 aliphatic rings. The summed E-state index contributed by atoms with van der Waals surface area (Å²) in [5.41, 5.74) is 0. The molecule has 1 unspecified atom stereocenters. The van der Waals surface area contributed by atoms with Gasteiger partial charge in [0.1, 0.15) is 0 Å². The molecule has 0 saturated carbocycles. The van der Waals surface area contributed by atoms with Gasteiger partial charge in [0, 0.05) is 19.5 Å². The van der Waals surface area contributed by atoms with E-state index in [1.54, 1.807) is 4.90 Å². The normalized spacial score (nSPS) is 23.3. The average Bonchev–Trinajstić information content (AvgIpc) is 2.16. The van der Waals surface area contributed by atoms with Crippen LogP contribution in [0.1, 0.15) is 12.8 Å². The van der Waals surface area contributed by atoms with E-state index in [-0.39, 0.29) is 26.1 Å². The number of carbonyl (C=O) groups is 1. The summed E-state index contributed by atoms with van der Waals surface area (Å²) in [6.45, 7) is 1.16. The Morgan fingerprint density at radius 1 is 1.50 bits per heavy atom. The number of hydrogen-bond acceptors (Lipinski definition) is 3. The third-order valence-electron chi connectivity index (χ3n) is 2.36. The fourth-order valence-corrected chi connectivity index (χ4v) is 1.56. The van der Waals surface area contributed by atoms with Crippen molar-refractivity contribution in [3.63, 3.8) is 0 Å². The Hall–Kier alpha value is -0.820. The Labute approximate surface area is 91.0 Å². The van der Waals surface area contributed by atoms with E-state index in [1.807, 2.05) is 0 Å². The number of alkyl halides is 3. The number of carboxylic acids is 1. The maximum absolute atomic E-state index is 11.9. The van der Waals surface area contributed by atoms with Crippen molar-refractivity contribution in [3.05, 3.63) is 0 Å². The van der Waals surface area contributed by atoms with Gasteiger partial charge in [0.05, 0.1) is 6.61 Å². The summed E-state index contributed by atoms with van der Waals surface area (Å²) in [7, 11) is 0. The summed E-state index contributed by atoms with van der Waals surface area (Å²) in [6.07, 6.45) is -5.89. The Morgan fingerprint density at radius 2 is 2.19 bits per heavy atom. The Balaban J connectivity index is 2.24. The van der Waals surface area contributed by atoms with Crippen molar-refractivity contribution in [3.8, 4) is 0 Å². The van der Waals surface area contributed by atoms with Crippen molar-refractivity contribution < 1.29 is 27.8 Å². The highest BCUT2D eigenvalue weighted by atomic mass is 19.4. The zero-order valence-corrected chi connectivity index (χ0v) is 8.66. The van der Waals surface area contributed by atoms with Gasteiger partial charge in [-0.2, -0.15) is 13.2 Å². The Bertz CT molecular complexity index is 245. The van der Waals surface area contributed by atoms with Crippen molar-refractivity contribution in [1.29, 1.82) is 0 Å². The summed E-state index contributed by atoms with van der Waals surface area (Å²) in [6, 6.07) is 0. The van der Waals surface area contributed by atoms with Crippen molar-refractivity contribution in [1.82, 2.24) is 4.90 Å². The van der Waals surface area contributed by atoms with Gasteiger partial charge in [-0.1, -0.05) is 0 Å². The van der Waals surface area contributed by atoms with Gasteiger partial charge in [-0.05, 0) is 13.0 Å². The molecule has 0 aliphatic carbocycles. The van der Waals surface area contributed by atoms with Crippen molar-refractivity contribution in [2.75, 3.05) is 26.2 Å². The number of halogens is 3. The van der Waals surface area contributed by atoms with Crippen molar-refractivity contribution in [2.24, 2.45) is 0 Å². The van der Waals surface area contributed by atoms with Gasteiger partial charge in [-0.25, -0.2) is 4.79 Å². The summed E-state index contributed by atoms with van der Waals surface area (Å²) in [4.78, 5) is 12.3. The van der Waals surface area contributed by atoms with E-state index in [4.69, 9.17) is 9.84 Å². The molecule has 1 heterocycles. The van der Waals surface area contributed by atoms with Crippen LogP contribution in [0.25, 0.3) is 0 Å². The third-order valence-corrected chi connectivity index (χ3v) is 2.36. The minimum absolute atomic E-state index is 0.00413. The SMILES string of the molecule is O=C(O)C1CN(CCCC(F)(F)F)CCO1. The molecule has 4 nitrogen and oxygen atoms in total. The second-order valence-electron chi connectivity index (χ2n) is 3.72. The lowest BCUT2D eigenvalue weighted by atomic mass is 10.2. The van der Waals surface area contributed by atoms with Gasteiger partial charge < -0.3 is 9.84 Å². The van der Waals surface area contributed by atoms with Crippen LogP contribution in [0.15, 0.2) is 0 Å². The summed E-state index contributed by atoms with van der Waals surface area (Å²) >= 11 is 0. The molecule has 1 atom stereocenters. The highest BCUT2D eigenvalue weighted by Gasteiger charge is 2.29. The maximum Gasteiger partial charge on any atom is 0.389 e. The first kappa shape index (κ1) is 13.2. The molecule has 1 aliphatic heterocycles. The van der Waals surface area contributed by atoms with Gasteiger partial charge in [-0.15, -0.1) is 0 Å². The minimum atomic E-state index is -4.14. The molecule has 0 aromatic carbocycles. The molecular weight excluding hydrogens is 227 g/mol. The molecule has 94 valence electrons. The standard InChI is InChI=1S/C9H14F3NO3/c10-9(11,12)2-1-3-13-4-5-16-7(6-13)8(14)15/h7H,1-6H2,(H,14,15). The topological polar surface area (TPSA) is 49.8 Å². The molecular formula is C9H14F3NO3. The van der Waals surface area contributed by atoms with Crippen LogP contribution in [0.5, 0.6) is 0 Å². The summed E-state index contributed by atoms with van der Waals surface area (Å²) < 4.78 is 40.6. The largest absolute Gasteiger partial charge is 0.479 e. The molecule has 16 heavy (non-hydrogen) atoms. The van der Waals surface area contributed by atoms with Crippen LogP contribution in [0.2, 0.25) is 0 Å². The summed E-state index contributed by atoms with van der Waals surface area (Å²) in [5, 5.41) is 8.68. The zero-order chi connectivity index (χ0) is 12.2. The van der Waals surface area contributed by atoms with E-state index in [9.17, 15) is 18.0 Å². The number of carboxylic acid groups (broad SMARTS) is 1. The molecule has 1 fully saturated rings. The van der Waals surface area contributed by atoms with Crippen LogP contribution in [0.4, 0.5) is 13.2 Å². The van der Waals surface area contributed by atoms with Gasteiger partial charge in [-0.3, -0.25) is 4.90 Å². The average molecular weight is 241 g/mol. The van der Waals surface area contributed by atoms with Gasteiger partial charge in [0.15, 0.2) is 6.10 Å². The molecule has 1 saturated heterocycles. The fraction of sp³-hybridized carbons (Fsp3) is 0.889. The first-order chi connectivity index (χ1) is 7.38. The van der Waals surface area contributed by atoms with Gasteiger partial charge in [0.2, 0.25) is 0 Å². The first-order valence-electron chi connectivity index (χ1n) is 5.02. The van der Waals surface area contributed by atoms with Crippen molar-refractivity contribution >= 4 is 5.97 Å². The predicted octanol–water partition coefficient (Wildman–Crippen LogP) is 1.11. The van der Waals surface area contributed by atoms with E-state index >= 15 is 0 Å². The van der Waals surface area contributed by atoms with E-state index in [0.717, 1.165) is 0 Å². The van der Waals surface area contributed by atoms with Crippen LogP contribution in [0, 0.1) is 0 Å². The molecule has 0 aromatic heterocycles. The monoisotopic (exact) mass is 241 g/mol. The lowest BCUT2D eigenvalue weighted by molar-refractivity contribution is -0.157. The first-order valence-corrected chi connectivity index (χ1v) is 5.02. The second-order valence-corrected chi connectivity index (χ2v) is 3.72. The van der Waals surface area contributed by atoms with Crippen LogP contribution in [-0.4, -0.2) is 54.5 Å². The quantitative estimate of drug-likeness (QED) is 0.801. The molecule has 1 rings (SSSR count). The molecule has 1 N–H and O–H groups in total. The second kappa shape index (κ2) is 5.49. The number of aliphatic carboxylic acids is 1. The number of nitrogens with zero attached hydrogens (tertiary/aromatic N) is 1. The van der Waals surface area contributed by atoms with E-state index in [2.05, 4.69) is 0 Å². The van der Waals surface area contributed by atoms with Crippen LogP contribution in [0.3, 0.4) is 0 Å². The smallest absolute Gasteiger partial charge is 0.389 e. The van der Waals surface area contributed by atoms with Crippen molar-refractivity contribution in [2.45, 2.75) is 25.1 Å². The number of hydrogen-bond donors (Lipinski definition) is 1. The van der Waals surface area contributed by atoms with E-state index < -0.39 is 24.7 Å². The minimum Gasteiger partial charge on any atom is -0.479 e. The predicted molar refractivity (Wildman–Crippen MR) is 49.1 cm³/mol. The third kappa shape index (κ3) is 4.80. The molecule has 0 amide bonds. The molecule has 0 bridgehead atoms. The van der Waals surface area contributed by atoms with Crippen LogP contribution in [-0.2, 0) is 9.53 Å². The fourth-order valence-electron chi connectivity index (χ4n) is 1.56. The Kier molecular flexibility index (Phi) is 4.55. The number of morpholine rings is 1. The van der Waals surface area contributed by atoms with Gasteiger partial charge in [0.25, 0.3) is 0 Å². The number of rotatable bonds is 4. The molecule has 0 radical (unpaired) electrons. The maximum atomic E-state index is 11.9. The molecule has 0 aromatic rings. The molecule has 0 spiro atoms. The Morgan fingerprint density at radius 3 is 2.75 bits per heavy atom. The van der Waals surface area contributed by atoms with Crippen LogP contribution < -0.4 is 0 Å². The van der Waals surface area contributed by atoms with Crippen LogP contribution >= 0.6 is 0 Å². The zero-order valence-electron chi connectivity index (χ0n) is 8.66. The van der Waals surface area contributed by atoms with E-state index in [0.29, 0.717) is 6.54 Å². The molecule has 7 heteroatoms. The lowest BCUT2D eigenvalue weighted by Crippen LogP contribution is -2.46. The lowest BCUT2D eigenvalue weighted by Gasteiger charge is -2.30. The van der Waals surface area contributed by atoms with Gasteiger partial charge >= 0.3 is 12.1 Å². The highest BCUT2D eigenvalue weighted by molar-refractivity contribution is 5.72.